The molecule has 0 fully saturated rings. The van der Waals surface area contributed by atoms with Crippen LogP contribution in [0.2, 0.25) is 5.02 Å². The van der Waals surface area contributed by atoms with E-state index in [4.69, 9.17) is 16.7 Å². The molecular formula is C15H13ClO2S. The molecule has 0 aromatic heterocycles. The summed E-state index contributed by atoms with van der Waals surface area (Å²) < 4.78 is 0. The lowest BCUT2D eigenvalue weighted by Crippen LogP contribution is -1.99. The van der Waals surface area contributed by atoms with Crippen molar-refractivity contribution in [2.45, 2.75) is 17.1 Å². The second-order valence-corrected chi connectivity index (χ2v) is 5.61. The van der Waals surface area contributed by atoms with Gasteiger partial charge >= 0.3 is 5.97 Å². The molecule has 2 aromatic carbocycles. The zero-order valence-corrected chi connectivity index (χ0v) is 11.7. The van der Waals surface area contributed by atoms with Crippen LogP contribution in [0.1, 0.15) is 11.1 Å². The van der Waals surface area contributed by atoms with E-state index in [1.54, 1.807) is 11.8 Å². The summed E-state index contributed by atoms with van der Waals surface area (Å²) in [5.41, 5.74) is 2.00. The number of halogens is 1. The third-order valence-corrected chi connectivity index (χ3v) is 3.93. The molecule has 0 aliphatic carbocycles. The van der Waals surface area contributed by atoms with Crippen LogP contribution in [-0.2, 0) is 17.0 Å². The van der Waals surface area contributed by atoms with Crippen LogP contribution < -0.4 is 0 Å². The van der Waals surface area contributed by atoms with Crippen molar-refractivity contribution >= 4 is 29.3 Å². The van der Waals surface area contributed by atoms with E-state index in [0.717, 1.165) is 16.3 Å². The van der Waals surface area contributed by atoms with Gasteiger partial charge in [0.25, 0.3) is 0 Å². The molecule has 0 aliphatic heterocycles. The third kappa shape index (κ3) is 4.62. The van der Waals surface area contributed by atoms with E-state index < -0.39 is 5.97 Å². The standard InChI is InChI=1S/C15H13ClO2S/c16-13-5-7-14(8-6-13)19-10-12-3-1-11(2-4-12)9-15(17)18/h1-8H,9-10H2,(H,17,18). The van der Waals surface area contributed by atoms with Crippen molar-refractivity contribution in [3.63, 3.8) is 0 Å². The zero-order chi connectivity index (χ0) is 13.7. The van der Waals surface area contributed by atoms with Crippen molar-refractivity contribution in [3.05, 3.63) is 64.7 Å². The highest BCUT2D eigenvalue weighted by atomic mass is 35.5. The van der Waals surface area contributed by atoms with E-state index in [2.05, 4.69) is 0 Å². The molecule has 0 aliphatic rings. The zero-order valence-electron chi connectivity index (χ0n) is 10.2. The molecule has 2 aromatic rings. The Labute approximate surface area is 121 Å². The molecule has 0 saturated carbocycles. The molecule has 0 atom stereocenters. The summed E-state index contributed by atoms with van der Waals surface area (Å²) >= 11 is 7.56. The largest absolute Gasteiger partial charge is 0.481 e. The van der Waals surface area contributed by atoms with Gasteiger partial charge in [-0.05, 0) is 35.4 Å². The first-order valence-corrected chi connectivity index (χ1v) is 7.18. The molecule has 98 valence electrons. The van der Waals surface area contributed by atoms with Gasteiger partial charge in [-0.25, -0.2) is 0 Å². The maximum absolute atomic E-state index is 10.6. The second-order valence-electron chi connectivity index (χ2n) is 4.13. The van der Waals surface area contributed by atoms with Crippen LogP contribution in [0, 0.1) is 0 Å². The van der Waals surface area contributed by atoms with Crippen LogP contribution >= 0.6 is 23.4 Å². The average Bonchev–Trinajstić information content (AvgIpc) is 2.39. The average molecular weight is 293 g/mol. The first-order chi connectivity index (χ1) is 9.13. The fourth-order valence-electron chi connectivity index (χ4n) is 1.63. The van der Waals surface area contributed by atoms with Gasteiger partial charge in [-0.15, -0.1) is 11.8 Å². The van der Waals surface area contributed by atoms with Crippen molar-refractivity contribution in [1.82, 2.24) is 0 Å². The quantitative estimate of drug-likeness (QED) is 0.837. The van der Waals surface area contributed by atoms with E-state index in [-0.39, 0.29) is 6.42 Å². The van der Waals surface area contributed by atoms with Crippen LogP contribution in [0.25, 0.3) is 0 Å². The third-order valence-electron chi connectivity index (χ3n) is 2.60. The Morgan fingerprint density at radius 3 is 2.16 bits per heavy atom. The van der Waals surface area contributed by atoms with E-state index >= 15 is 0 Å². The van der Waals surface area contributed by atoms with E-state index in [1.165, 1.54) is 10.5 Å². The lowest BCUT2D eigenvalue weighted by atomic mass is 10.1. The smallest absolute Gasteiger partial charge is 0.307 e. The van der Waals surface area contributed by atoms with Gasteiger partial charge in [-0.3, -0.25) is 4.79 Å². The molecule has 0 heterocycles. The normalized spacial score (nSPS) is 10.4. The lowest BCUT2D eigenvalue weighted by molar-refractivity contribution is -0.136. The molecule has 0 bridgehead atoms. The molecule has 2 nitrogen and oxygen atoms in total. The summed E-state index contributed by atoms with van der Waals surface area (Å²) in [6.45, 7) is 0. The Morgan fingerprint density at radius 2 is 1.58 bits per heavy atom. The highest BCUT2D eigenvalue weighted by Gasteiger charge is 2.01. The summed E-state index contributed by atoms with van der Waals surface area (Å²) in [6, 6.07) is 15.4. The van der Waals surface area contributed by atoms with Crippen molar-refractivity contribution in [2.75, 3.05) is 0 Å². The van der Waals surface area contributed by atoms with Crippen molar-refractivity contribution in [1.29, 1.82) is 0 Å². The van der Waals surface area contributed by atoms with Gasteiger partial charge in [0.2, 0.25) is 0 Å². The number of carboxylic acids is 1. The molecule has 2 rings (SSSR count). The van der Waals surface area contributed by atoms with E-state index in [9.17, 15) is 4.79 Å². The Balaban J connectivity index is 1.92. The van der Waals surface area contributed by atoms with Crippen LogP contribution in [0.3, 0.4) is 0 Å². The first-order valence-electron chi connectivity index (χ1n) is 5.81. The maximum atomic E-state index is 10.6. The highest BCUT2D eigenvalue weighted by molar-refractivity contribution is 7.98. The van der Waals surface area contributed by atoms with Gasteiger partial charge in [-0.2, -0.15) is 0 Å². The number of rotatable bonds is 5. The van der Waals surface area contributed by atoms with Crippen LogP contribution in [-0.4, -0.2) is 11.1 Å². The van der Waals surface area contributed by atoms with Crippen molar-refractivity contribution in [2.24, 2.45) is 0 Å². The molecule has 0 unspecified atom stereocenters. The Hall–Kier alpha value is -1.45. The van der Waals surface area contributed by atoms with Gasteiger partial charge in [0.15, 0.2) is 0 Å². The van der Waals surface area contributed by atoms with Crippen molar-refractivity contribution < 1.29 is 9.90 Å². The van der Waals surface area contributed by atoms with Gasteiger partial charge in [0.05, 0.1) is 6.42 Å². The fourth-order valence-corrected chi connectivity index (χ4v) is 2.61. The monoisotopic (exact) mass is 292 g/mol. The van der Waals surface area contributed by atoms with Gasteiger partial charge in [0, 0.05) is 15.7 Å². The second kappa shape index (κ2) is 6.64. The molecule has 19 heavy (non-hydrogen) atoms. The number of thioether (sulfide) groups is 1. The number of hydrogen-bond donors (Lipinski definition) is 1. The lowest BCUT2D eigenvalue weighted by Gasteiger charge is -2.03. The fraction of sp³-hybridized carbons (Fsp3) is 0.133. The van der Waals surface area contributed by atoms with Gasteiger partial charge < -0.3 is 5.11 Å². The molecule has 0 spiro atoms. The molecule has 0 amide bonds. The maximum Gasteiger partial charge on any atom is 0.307 e. The van der Waals surface area contributed by atoms with Gasteiger partial charge in [0.1, 0.15) is 0 Å². The number of aliphatic carboxylic acids is 1. The predicted molar refractivity (Wildman–Crippen MR) is 78.8 cm³/mol. The van der Waals surface area contributed by atoms with Crippen LogP contribution in [0.4, 0.5) is 0 Å². The number of benzene rings is 2. The summed E-state index contributed by atoms with van der Waals surface area (Å²) in [6.07, 6.45) is 0.0740. The molecular weight excluding hydrogens is 280 g/mol. The minimum atomic E-state index is -0.803. The van der Waals surface area contributed by atoms with Gasteiger partial charge in [-0.1, -0.05) is 35.9 Å². The van der Waals surface area contributed by atoms with E-state index in [0.29, 0.717) is 0 Å². The number of carbonyl (C=O) groups is 1. The molecule has 4 heteroatoms. The summed E-state index contributed by atoms with van der Waals surface area (Å²) in [4.78, 5) is 11.7. The minimum absolute atomic E-state index is 0.0740. The Kier molecular flexibility index (Phi) is 4.88. The minimum Gasteiger partial charge on any atom is -0.481 e. The van der Waals surface area contributed by atoms with E-state index in [1.807, 2.05) is 48.5 Å². The molecule has 1 N–H and O–H groups in total. The van der Waals surface area contributed by atoms with Crippen LogP contribution in [0.5, 0.6) is 0 Å². The SMILES string of the molecule is O=C(O)Cc1ccc(CSc2ccc(Cl)cc2)cc1. The summed E-state index contributed by atoms with van der Waals surface area (Å²) in [7, 11) is 0. The summed E-state index contributed by atoms with van der Waals surface area (Å²) in [5, 5.41) is 9.43. The van der Waals surface area contributed by atoms with Crippen molar-refractivity contribution in [3.8, 4) is 0 Å². The van der Waals surface area contributed by atoms with Crippen LogP contribution in [0.15, 0.2) is 53.4 Å². The Morgan fingerprint density at radius 1 is 1.00 bits per heavy atom. The number of hydrogen-bond acceptors (Lipinski definition) is 2. The molecule has 0 saturated heterocycles. The first kappa shape index (κ1) is 14.0. The topological polar surface area (TPSA) is 37.3 Å². The highest BCUT2D eigenvalue weighted by Crippen LogP contribution is 2.24. The number of carboxylic acid groups (broad SMARTS) is 1. The predicted octanol–water partition coefficient (Wildman–Crippen LogP) is 4.26. The summed E-state index contributed by atoms with van der Waals surface area (Å²) in [5.74, 6) is 0.0536. The molecule has 0 radical (unpaired) electrons. The Bertz CT molecular complexity index is 549.